The van der Waals surface area contributed by atoms with Crippen LogP contribution in [0.25, 0.3) is 6.08 Å². The maximum absolute atomic E-state index is 13.2. The van der Waals surface area contributed by atoms with Gasteiger partial charge in [0.25, 0.3) is 0 Å². The summed E-state index contributed by atoms with van der Waals surface area (Å²) in [5.74, 6) is -2.12. The lowest BCUT2D eigenvalue weighted by atomic mass is 10.1. The maximum atomic E-state index is 13.2. The van der Waals surface area contributed by atoms with Gasteiger partial charge in [0, 0.05) is 6.08 Å². The summed E-state index contributed by atoms with van der Waals surface area (Å²) >= 11 is 0. The van der Waals surface area contributed by atoms with Crippen molar-refractivity contribution in [3.05, 3.63) is 76.9 Å². The lowest BCUT2D eigenvalue weighted by Crippen LogP contribution is -2.24. The van der Waals surface area contributed by atoms with Crippen LogP contribution in [0.15, 0.2) is 48.5 Å². The lowest BCUT2D eigenvalue weighted by molar-refractivity contribution is -0.117. The van der Waals surface area contributed by atoms with Crippen molar-refractivity contribution >= 4 is 12.0 Å². The molecular weight excluding hydrogens is 284 g/mol. The summed E-state index contributed by atoms with van der Waals surface area (Å²) in [6.45, 7) is 3.70. The number of amides is 1. The van der Waals surface area contributed by atoms with Crippen molar-refractivity contribution in [2.75, 3.05) is 0 Å². The smallest absolute Gasteiger partial charge is 0.244 e. The molecule has 0 fully saturated rings. The number of carbonyl (C=O) groups is 1. The zero-order chi connectivity index (χ0) is 16.1. The Kier molecular flexibility index (Phi) is 5.04. The second-order valence-corrected chi connectivity index (χ2v) is 5.15. The molecule has 1 unspecified atom stereocenters. The molecule has 114 valence electrons. The summed E-state index contributed by atoms with van der Waals surface area (Å²) in [6.07, 6.45) is 3.12. The molecule has 2 aromatic rings. The predicted molar refractivity (Wildman–Crippen MR) is 83.1 cm³/mol. The van der Waals surface area contributed by atoms with Gasteiger partial charge < -0.3 is 5.32 Å². The van der Waals surface area contributed by atoms with Crippen LogP contribution in [-0.2, 0) is 4.79 Å². The van der Waals surface area contributed by atoms with Gasteiger partial charge in [-0.2, -0.15) is 0 Å². The fourth-order valence-electron chi connectivity index (χ4n) is 1.98. The fourth-order valence-corrected chi connectivity index (χ4v) is 1.98. The van der Waals surface area contributed by atoms with E-state index >= 15 is 0 Å². The van der Waals surface area contributed by atoms with Gasteiger partial charge in [-0.25, -0.2) is 8.78 Å². The van der Waals surface area contributed by atoms with Crippen LogP contribution in [0.5, 0.6) is 0 Å². The molecule has 0 heterocycles. The average Bonchev–Trinajstić information content (AvgIpc) is 2.49. The Morgan fingerprint density at radius 1 is 1.09 bits per heavy atom. The van der Waals surface area contributed by atoms with Crippen molar-refractivity contribution in [1.82, 2.24) is 5.32 Å². The molecule has 4 heteroatoms. The maximum Gasteiger partial charge on any atom is 0.244 e. The number of benzene rings is 2. The first kappa shape index (κ1) is 15.9. The van der Waals surface area contributed by atoms with Crippen LogP contribution in [0.1, 0.15) is 29.7 Å². The lowest BCUT2D eigenvalue weighted by Gasteiger charge is -2.13. The third-order valence-electron chi connectivity index (χ3n) is 3.31. The quantitative estimate of drug-likeness (QED) is 0.844. The summed E-state index contributed by atoms with van der Waals surface area (Å²) < 4.78 is 26.1. The van der Waals surface area contributed by atoms with Gasteiger partial charge in [0.2, 0.25) is 5.91 Å². The Labute approximate surface area is 128 Å². The van der Waals surface area contributed by atoms with Crippen LogP contribution in [0.2, 0.25) is 0 Å². The van der Waals surface area contributed by atoms with Gasteiger partial charge in [0.1, 0.15) is 0 Å². The van der Waals surface area contributed by atoms with Gasteiger partial charge in [-0.3, -0.25) is 4.79 Å². The van der Waals surface area contributed by atoms with E-state index in [1.807, 2.05) is 31.2 Å². The summed E-state index contributed by atoms with van der Waals surface area (Å²) in [6, 6.07) is 10.9. The Balaban J connectivity index is 1.98. The van der Waals surface area contributed by atoms with Crippen molar-refractivity contribution in [1.29, 1.82) is 0 Å². The SMILES string of the molecule is Cc1ccc(/C=C/C(=O)NC(C)c2ccc(F)c(F)c2)cc1. The van der Waals surface area contributed by atoms with E-state index in [0.717, 1.165) is 23.3 Å². The highest BCUT2D eigenvalue weighted by Gasteiger charge is 2.10. The largest absolute Gasteiger partial charge is 0.346 e. The van der Waals surface area contributed by atoms with E-state index in [4.69, 9.17) is 0 Å². The first-order valence-electron chi connectivity index (χ1n) is 6.96. The van der Waals surface area contributed by atoms with Gasteiger partial charge in [-0.15, -0.1) is 0 Å². The highest BCUT2D eigenvalue weighted by atomic mass is 19.2. The van der Waals surface area contributed by atoms with E-state index in [1.54, 1.807) is 13.0 Å². The van der Waals surface area contributed by atoms with Crippen LogP contribution in [0.3, 0.4) is 0 Å². The molecule has 1 amide bonds. The Bertz CT molecular complexity index is 693. The minimum atomic E-state index is -0.922. The fraction of sp³-hybridized carbons (Fsp3) is 0.167. The Hall–Kier alpha value is -2.49. The predicted octanol–water partition coefficient (Wildman–Crippen LogP) is 4.16. The van der Waals surface area contributed by atoms with Crippen molar-refractivity contribution in [2.24, 2.45) is 0 Å². The number of aryl methyl sites for hydroxylation is 1. The van der Waals surface area contributed by atoms with Crippen LogP contribution in [0.4, 0.5) is 8.78 Å². The molecule has 0 bridgehead atoms. The summed E-state index contributed by atoms with van der Waals surface area (Å²) in [4.78, 5) is 11.9. The molecule has 0 aromatic heterocycles. The summed E-state index contributed by atoms with van der Waals surface area (Å²) in [5, 5.41) is 2.71. The van der Waals surface area contributed by atoms with Gasteiger partial charge in [-0.1, -0.05) is 35.9 Å². The molecular formula is C18H17F2NO. The number of rotatable bonds is 4. The zero-order valence-corrected chi connectivity index (χ0v) is 12.4. The molecule has 2 rings (SSSR count). The van der Waals surface area contributed by atoms with Crippen molar-refractivity contribution in [3.63, 3.8) is 0 Å². The number of hydrogen-bond donors (Lipinski definition) is 1. The molecule has 0 saturated carbocycles. The van der Waals surface area contributed by atoms with E-state index in [9.17, 15) is 13.6 Å². The van der Waals surface area contributed by atoms with Gasteiger partial charge in [0.15, 0.2) is 11.6 Å². The van der Waals surface area contributed by atoms with Crippen molar-refractivity contribution in [3.8, 4) is 0 Å². The van der Waals surface area contributed by atoms with Crippen LogP contribution in [0, 0.1) is 18.6 Å². The van der Waals surface area contributed by atoms with Gasteiger partial charge in [-0.05, 0) is 43.2 Å². The van der Waals surface area contributed by atoms with Gasteiger partial charge >= 0.3 is 0 Å². The topological polar surface area (TPSA) is 29.1 Å². The first-order chi connectivity index (χ1) is 10.5. The molecule has 0 aliphatic rings. The third-order valence-corrected chi connectivity index (χ3v) is 3.31. The highest BCUT2D eigenvalue weighted by Crippen LogP contribution is 2.16. The van der Waals surface area contributed by atoms with Crippen LogP contribution < -0.4 is 5.32 Å². The molecule has 2 aromatic carbocycles. The van der Waals surface area contributed by atoms with E-state index in [1.165, 1.54) is 12.1 Å². The number of carbonyl (C=O) groups excluding carboxylic acids is 1. The molecule has 1 atom stereocenters. The van der Waals surface area contributed by atoms with Crippen LogP contribution >= 0.6 is 0 Å². The van der Waals surface area contributed by atoms with E-state index in [0.29, 0.717) is 5.56 Å². The molecule has 22 heavy (non-hydrogen) atoms. The second-order valence-electron chi connectivity index (χ2n) is 5.15. The highest BCUT2D eigenvalue weighted by molar-refractivity contribution is 5.91. The number of hydrogen-bond acceptors (Lipinski definition) is 1. The standard InChI is InChI=1S/C18H17F2NO/c1-12-3-5-14(6-4-12)7-10-18(22)21-13(2)15-8-9-16(19)17(20)11-15/h3-11,13H,1-2H3,(H,21,22)/b10-7+. The molecule has 0 aliphatic carbocycles. The second kappa shape index (κ2) is 6.98. The molecule has 0 saturated heterocycles. The summed E-state index contributed by atoms with van der Waals surface area (Å²) in [5.41, 5.74) is 2.57. The van der Waals surface area contributed by atoms with Crippen molar-refractivity contribution < 1.29 is 13.6 Å². The monoisotopic (exact) mass is 301 g/mol. The Morgan fingerprint density at radius 3 is 2.41 bits per heavy atom. The summed E-state index contributed by atoms with van der Waals surface area (Å²) in [7, 11) is 0. The molecule has 0 spiro atoms. The van der Waals surface area contributed by atoms with E-state index in [-0.39, 0.29) is 5.91 Å². The molecule has 2 nitrogen and oxygen atoms in total. The Morgan fingerprint density at radius 2 is 1.77 bits per heavy atom. The average molecular weight is 301 g/mol. The van der Waals surface area contributed by atoms with Gasteiger partial charge in [0.05, 0.1) is 6.04 Å². The number of halogens is 2. The molecule has 0 radical (unpaired) electrons. The van der Waals surface area contributed by atoms with Crippen LogP contribution in [-0.4, -0.2) is 5.91 Å². The van der Waals surface area contributed by atoms with E-state index in [2.05, 4.69) is 5.32 Å². The minimum absolute atomic E-state index is 0.294. The van der Waals surface area contributed by atoms with E-state index < -0.39 is 17.7 Å². The van der Waals surface area contributed by atoms with Crippen molar-refractivity contribution in [2.45, 2.75) is 19.9 Å². The molecule has 0 aliphatic heterocycles. The minimum Gasteiger partial charge on any atom is -0.346 e. The first-order valence-corrected chi connectivity index (χ1v) is 6.96. The normalized spacial score (nSPS) is 12.4. The molecule has 1 N–H and O–H groups in total. The number of nitrogens with one attached hydrogen (secondary N) is 1. The zero-order valence-electron chi connectivity index (χ0n) is 12.4. The third kappa shape index (κ3) is 4.25.